The highest BCUT2D eigenvalue weighted by atomic mass is 16.5. The molecular formula is C16H20N2O5. The van der Waals surface area contributed by atoms with Gasteiger partial charge in [0.1, 0.15) is 11.9 Å². The zero-order chi connectivity index (χ0) is 17.7. The summed E-state index contributed by atoms with van der Waals surface area (Å²) in [4.78, 5) is 19.1. The Morgan fingerprint density at radius 1 is 1.26 bits per heavy atom. The number of carbonyl (C=O) groups is 2. The Balaban J connectivity index is 0.000000515. The van der Waals surface area contributed by atoms with Gasteiger partial charge in [0, 0.05) is 18.7 Å². The first kappa shape index (κ1) is 20.1. The van der Waals surface area contributed by atoms with Crippen LogP contribution in [0.1, 0.15) is 19.4 Å². The molecule has 3 N–H and O–H groups in total. The number of carboxylic acid groups (broad SMARTS) is 2. The average Bonchev–Trinajstić information content (AvgIpc) is 2.52. The third-order valence-electron chi connectivity index (χ3n) is 2.37. The van der Waals surface area contributed by atoms with Crippen molar-refractivity contribution in [2.24, 2.45) is 0 Å². The molecule has 1 atom stereocenters. The molecule has 0 bridgehead atoms. The molecule has 1 aromatic carbocycles. The largest absolute Gasteiger partial charge is 0.489 e. The fourth-order valence-electron chi connectivity index (χ4n) is 1.37. The number of likely N-dealkylation sites (N-methyl/N-ethyl adjacent to an activating group) is 1. The van der Waals surface area contributed by atoms with Crippen molar-refractivity contribution in [3.63, 3.8) is 0 Å². The minimum absolute atomic E-state index is 0.137. The fourth-order valence-corrected chi connectivity index (χ4v) is 1.37. The lowest BCUT2D eigenvalue weighted by atomic mass is 10.2. The maximum atomic E-state index is 9.55. The highest BCUT2D eigenvalue weighted by Crippen LogP contribution is 2.12. The second-order valence-corrected chi connectivity index (χ2v) is 4.38. The second-order valence-electron chi connectivity index (χ2n) is 4.38. The van der Waals surface area contributed by atoms with Crippen LogP contribution in [-0.4, -0.2) is 41.3 Å². The first-order chi connectivity index (χ1) is 10.9. The number of hydrogen-bond donors (Lipinski definition) is 3. The Labute approximate surface area is 134 Å². The summed E-state index contributed by atoms with van der Waals surface area (Å²) >= 11 is 0. The SMILES string of the molecule is CCNC[C@@H](C)Oc1ccc(C#N)cc1.O=C(O)/C=C\C(=O)O. The van der Waals surface area contributed by atoms with E-state index >= 15 is 0 Å². The van der Waals surface area contributed by atoms with Gasteiger partial charge in [-0.2, -0.15) is 5.26 Å². The molecule has 1 aromatic rings. The van der Waals surface area contributed by atoms with Crippen LogP contribution in [0.15, 0.2) is 36.4 Å². The van der Waals surface area contributed by atoms with Crippen molar-refractivity contribution < 1.29 is 24.5 Å². The van der Waals surface area contributed by atoms with Gasteiger partial charge in [0.2, 0.25) is 0 Å². The predicted octanol–water partition coefficient (Wildman–Crippen LogP) is 1.65. The topological polar surface area (TPSA) is 120 Å². The van der Waals surface area contributed by atoms with Crippen molar-refractivity contribution >= 4 is 11.9 Å². The van der Waals surface area contributed by atoms with Gasteiger partial charge in [-0.25, -0.2) is 9.59 Å². The molecule has 7 nitrogen and oxygen atoms in total. The van der Waals surface area contributed by atoms with Gasteiger partial charge in [0.05, 0.1) is 11.6 Å². The minimum atomic E-state index is -1.26. The maximum absolute atomic E-state index is 9.55. The zero-order valence-electron chi connectivity index (χ0n) is 13.0. The van der Waals surface area contributed by atoms with Crippen LogP contribution in [0.25, 0.3) is 0 Å². The number of aliphatic carboxylic acids is 2. The lowest BCUT2D eigenvalue weighted by molar-refractivity contribution is -0.134. The molecule has 0 unspecified atom stereocenters. The van der Waals surface area contributed by atoms with Gasteiger partial charge < -0.3 is 20.3 Å². The van der Waals surface area contributed by atoms with E-state index in [4.69, 9.17) is 20.2 Å². The van der Waals surface area contributed by atoms with Crippen LogP contribution in [0.5, 0.6) is 5.75 Å². The normalized spacial score (nSPS) is 11.0. The maximum Gasteiger partial charge on any atom is 0.328 e. The number of benzene rings is 1. The Morgan fingerprint density at radius 3 is 2.17 bits per heavy atom. The van der Waals surface area contributed by atoms with Gasteiger partial charge in [-0.05, 0) is 37.7 Å². The predicted molar refractivity (Wildman–Crippen MR) is 84.2 cm³/mol. The summed E-state index contributed by atoms with van der Waals surface area (Å²) in [5.74, 6) is -1.71. The van der Waals surface area contributed by atoms with Gasteiger partial charge in [-0.3, -0.25) is 0 Å². The van der Waals surface area contributed by atoms with Gasteiger partial charge in [-0.1, -0.05) is 6.92 Å². The number of carboxylic acids is 2. The standard InChI is InChI=1S/C12H16N2O.C4H4O4/c1-3-14-9-10(2)15-12-6-4-11(8-13)5-7-12;5-3(6)1-2-4(7)8/h4-7,10,14H,3,9H2,1-2H3;1-2H,(H,5,6)(H,7,8)/b;2-1-/t10-;/m1./s1. The first-order valence-corrected chi connectivity index (χ1v) is 6.90. The van der Waals surface area contributed by atoms with Crippen molar-refractivity contribution in [2.45, 2.75) is 20.0 Å². The van der Waals surface area contributed by atoms with E-state index in [-0.39, 0.29) is 6.10 Å². The van der Waals surface area contributed by atoms with E-state index in [0.29, 0.717) is 17.7 Å². The van der Waals surface area contributed by atoms with Crippen molar-refractivity contribution in [3.05, 3.63) is 42.0 Å². The van der Waals surface area contributed by atoms with Crippen LogP contribution >= 0.6 is 0 Å². The summed E-state index contributed by atoms with van der Waals surface area (Å²) in [7, 11) is 0. The lowest BCUT2D eigenvalue weighted by Crippen LogP contribution is -2.28. The molecule has 0 heterocycles. The van der Waals surface area contributed by atoms with E-state index in [9.17, 15) is 9.59 Å². The van der Waals surface area contributed by atoms with E-state index in [0.717, 1.165) is 18.8 Å². The molecule has 1 rings (SSSR count). The van der Waals surface area contributed by atoms with E-state index < -0.39 is 11.9 Å². The molecule has 0 fully saturated rings. The summed E-state index contributed by atoms with van der Waals surface area (Å²) in [6.07, 6.45) is 1.25. The Hall–Kier alpha value is -2.85. The zero-order valence-corrected chi connectivity index (χ0v) is 13.0. The lowest BCUT2D eigenvalue weighted by Gasteiger charge is -2.14. The van der Waals surface area contributed by atoms with Crippen molar-refractivity contribution in [1.29, 1.82) is 5.26 Å². The summed E-state index contributed by atoms with van der Waals surface area (Å²) in [6.45, 7) is 5.85. The Bertz CT molecular complexity index is 545. The van der Waals surface area contributed by atoms with E-state index in [1.54, 1.807) is 12.1 Å². The molecule has 0 saturated carbocycles. The number of nitriles is 1. The molecular weight excluding hydrogens is 300 g/mol. The van der Waals surface area contributed by atoms with Gasteiger partial charge in [0.25, 0.3) is 0 Å². The molecule has 0 aliphatic rings. The van der Waals surface area contributed by atoms with Crippen molar-refractivity contribution in [3.8, 4) is 11.8 Å². The number of ether oxygens (including phenoxy) is 1. The van der Waals surface area contributed by atoms with Gasteiger partial charge in [-0.15, -0.1) is 0 Å². The quantitative estimate of drug-likeness (QED) is 0.653. The van der Waals surface area contributed by atoms with E-state index in [1.165, 1.54) is 0 Å². The van der Waals surface area contributed by atoms with Crippen LogP contribution in [0.2, 0.25) is 0 Å². The summed E-state index contributed by atoms with van der Waals surface area (Å²) in [6, 6.07) is 9.23. The molecule has 0 spiro atoms. The summed E-state index contributed by atoms with van der Waals surface area (Å²) in [5.41, 5.74) is 0.654. The average molecular weight is 320 g/mol. The molecule has 23 heavy (non-hydrogen) atoms. The van der Waals surface area contributed by atoms with E-state index in [2.05, 4.69) is 18.3 Å². The molecule has 0 amide bonds. The molecule has 0 aromatic heterocycles. The van der Waals surface area contributed by atoms with Crippen LogP contribution in [0.4, 0.5) is 0 Å². The first-order valence-electron chi connectivity index (χ1n) is 6.90. The number of nitrogens with one attached hydrogen (secondary N) is 1. The van der Waals surface area contributed by atoms with Crippen LogP contribution in [-0.2, 0) is 9.59 Å². The van der Waals surface area contributed by atoms with Gasteiger partial charge in [0.15, 0.2) is 0 Å². The molecule has 0 radical (unpaired) electrons. The monoisotopic (exact) mass is 320 g/mol. The third kappa shape index (κ3) is 11.5. The Morgan fingerprint density at radius 2 is 1.78 bits per heavy atom. The molecule has 7 heteroatoms. The molecule has 0 aliphatic carbocycles. The molecule has 0 saturated heterocycles. The summed E-state index contributed by atoms with van der Waals surface area (Å²) < 4.78 is 5.64. The van der Waals surface area contributed by atoms with Crippen LogP contribution < -0.4 is 10.1 Å². The fraction of sp³-hybridized carbons (Fsp3) is 0.312. The van der Waals surface area contributed by atoms with Crippen LogP contribution in [0.3, 0.4) is 0 Å². The Kier molecular flexibility index (Phi) is 10.3. The smallest absolute Gasteiger partial charge is 0.328 e. The third-order valence-corrected chi connectivity index (χ3v) is 2.37. The number of rotatable bonds is 7. The number of hydrogen-bond acceptors (Lipinski definition) is 5. The molecule has 0 aliphatic heterocycles. The van der Waals surface area contributed by atoms with Crippen molar-refractivity contribution in [2.75, 3.05) is 13.1 Å². The molecule has 124 valence electrons. The second kappa shape index (κ2) is 11.8. The number of nitrogens with zero attached hydrogens (tertiary/aromatic N) is 1. The summed E-state index contributed by atoms with van der Waals surface area (Å²) in [5, 5.41) is 27.5. The highest BCUT2D eigenvalue weighted by molar-refractivity contribution is 5.89. The van der Waals surface area contributed by atoms with Crippen molar-refractivity contribution in [1.82, 2.24) is 5.32 Å². The van der Waals surface area contributed by atoms with Gasteiger partial charge >= 0.3 is 11.9 Å². The minimum Gasteiger partial charge on any atom is -0.489 e. The van der Waals surface area contributed by atoms with Crippen LogP contribution in [0, 0.1) is 11.3 Å². The van der Waals surface area contributed by atoms with E-state index in [1.807, 2.05) is 19.1 Å². The highest BCUT2D eigenvalue weighted by Gasteiger charge is 2.02.